The van der Waals surface area contributed by atoms with Crippen LogP contribution in [-0.2, 0) is 6.54 Å². The Morgan fingerprint density at radius 2 is 1.96 bits per heavy atom. The largest absolute Gasteiger partial charge is 0.496 e. The van der Waals surface area contributed by atoms with Crippen molar-refractivity contribution >= 4 is 34.0 Å². The van der Waals surface area contributed by atoms with E-state index in [1.54, 1.807) is 7.11 Å². The number of halogens is 1. The number of hydrogen-bond donors (Lipinski definition) is 3. The van der Waals surface area contributed by atoms with Gasteiger partial charge in [0.15, 0.2) is 11.1 Å². The van der Waals surface area contributed by atoms with Crippen molar-refractivity contribution in [2.75, 3.05) is 12.4 Å². The Morgan fingerprint density at radius 1 is 1.20 bits per heavy atom. The van der Waals surface area contributed by atoms with Gasteiger partial charge in [-0.2, -0.15) is 0 Å². The molecule has 1 heterocycles. The van der Waals surface area contributed by atoms with Gasteiger partial charge >= 0.3 is 0 Å². The van der Waals surface area contributed by atoms with E-state index in [4.69, 9.17) is 21.7 Å². The Kier molecular flexibility index (Phi) is 5.53. The van der Waals surface area contributed by atoms with E-state index in [-0.39, 0.29) is 5.96 Å². The monoisotopic (exact) mass is 372 g/mol. The summed E-state index contributed by atoms with van der Waals surface area (Å²) in [6.07, 6.45) is 0. The molecule has 0 amide bonds. The highest BCUT2D eigenvalue weighted by Gasteiger charge is 2.09. The second-order valence-corrected chi connectivity index (χ2v) is 6.45. The van der Waals surface area contributed by atoms with Gasteiger partial charge in [-0.15, -0.1) is 11.3 Å². The van der Waals surface area contributed by atoms with Crippen LogP contribution < -0.4 is 15.4 Å². The van der Waals surface area contributed by atoms with Gasteiger partial charge in [0.05, 0.1) is 12.8 Å². The van der Waals surface area contributed by atoms with Gasteiger partial charge in [0.2, 0.25) is 0 Å². The topological polar surface area (TPSA) is 70.0 Å². The van der Waals surface area contributed by atoms with E-state index in [1.807, 2.05) is 53.9 Å². The molecular weight excluding hydrogens is 356 g/mol. The van der Waals surface area contributed by atoms with Gasteiger partial charge in [-0.05, 0) is 12.1 Å². The minimum atomic E-state index is 0.172. The highest BCUT2D eigenvalue weighted by molar-refractivity contribution is 7.14. The first-order valence-electron chi connectivity index (χ1n) is 7.59. The summed E-state index contributed by atoms with van der Waals surface area (Å²) in [5.41, 5.74) is 2.64. The second-order valence-electron chi connectivity index (χ2n) is 5.18. The Bertz CT molecular complexity index is 881. The van der Waals surface area contributed by atoms with Crippen LogP contribution >= 0.6 is 22.9 Å². The molecule has 0 aliphatic rings. The third-order valence-electron chi connectivity index (χ3n) is 3.53. The maximum Gasteiger partial charge on any atom is 0.195 e. The molecule has 0 spiro atoms. The lowest BCUT2D eigenvalue weighted by Gasteiger charge is -2.11. The van der Waals surface area contributed by atoms with Crippen molar-refractivity contribution in [1.82, 2.24) is 10.3 Å². The molecule has 5 nitrogen and oxygen atoms in total. The molecule has 25 heavy (non-hydrogen) atoms. The van der Waals surface area contributed by atoms with Crippen molar-refractivity contribution in [3.05, 3.63) is 64.5 Å². The Morgan fingerprint density at radius 3 is 2.76 bits per heavy atom. The number of nitrogens with one attached hydrogen (secondary N) is 3. The van der Waals surface area contributed by atoms with E-state index >= 15 is 0 Å². The highest BCUT2D eigenvalue weighted by atomic mass is 35.5. The number of hydrogen-bond acceptors (Lipinski definition) is 4. The number of benzene rings is 2. The summed E-state index contributed by atoms with van der Waals surface area (Å²) >= 11 is 7.62. The van der Waals surface area contributed by atoms with Crippen LogP contribution in [0, 0.1) is 5.41 Å². The van der Waals surface area contributed by atoms with Crippen LogP contribution in [0.2, 0.25) is 5.02 Å². The van der Waals surface area contributed by atoms with Crippen LogP contribution in [-0.4, -0.2) is 18.1 Å². The molecule has 3 N–H and O–H groups in total. The van der Waals surface area contributed by atoms with Crippen LogP contribution in [0.15, 0.2) is 53.9 Å². The van der Waals surface area contributed by atoms with Crippen molar-refractivity contribution in [3.8, 4) is 17.0 Å². The molecule has 0 fully saturated rings. The lowest BCUT2D eigenvalue weighted by Crippen LogP contribution is -2.29. The van der Waals surface area contributed by atoms with Crippen LogP contribution in [0.5, 0.6) is 5.75 Å². The molecule has 0 unspecified atom stereocenters. The van der Waals surface area contributed by atoms with Crippen molar-refractivity contribution in [2.45, 2.75) is 6.54 Å². The van der Waals surface area contributed by atoms with E-state index in [0.717, 1.165) is 22.6 Å². The number of aromatic nitrogens is 1. The van der Waals surface area contributed by atoms with Gasteiger partial charge in [0.1, 0.15) is 5.75 Å². The Labute approximate surface area is 155 Å². The zero-order valence-electron chi connectivity index (χ0n) is 13.5. The second kappa shape index (κ2) is 8.00. The number of guanidine groups is 1. The zero-order chi connectivity index (χ0) is 17.6. The number of thiazole rings is 1. The summed E-state index contributed by atoms with van der Waals surface area (Å²) < 4.78 is 5.31. The molecule has 0 aliphatic heterocycles. The maximum atomic E-state index is 8.04. The summed E-state index contributed by atoms with van der Waals surface area (Å²) in [6.45, 7) is 0.485. The summed E-state index contributed by atoms with van der Waals surface area (Å²) in [5.74, 6) is 0.962. The molecule has 0 bridgehead atoms. The van der Waals surface area contributed by atoms with Crippen molar-refractivity contribution < 1.29 is 4.74 Å². The standard InChI is InChI=1S/C18H17ClN4OS/c1-24-16-9-5-2-6-12(16)10-21-17(20)23-18-22-15(11-25-18)13-7-3-4-8-14(13)19/h2-9,11H,10H2,1H3,(H3,20,21,22,23). The Balaban J connectivity index is 1.61. The number of nitrogens with zero attached hydrogens (tertiary/aromatic N) is 1. The van der Waals surface area contributed by atoms with Gasteiger partial charge in [-0.1, -0.05) is 48.0 Å². The molecule has 7 heteroatoms. The molecule has 0 saturated heterocycles. The molecule has 2 aromatic carbocycles. The molecule has 0 saturated carbocycles. The normalized spacial score (nSPS) is 10.3. The number of rotatable bonds is 5. The number of para-hydroxylation sites is 1. The van der Waals surface area contributed by atoms with Crippen molar-refractivity contribution in [2.24, 2.45) is 0 Å². The van der Waals surface area contributed by atoms with Gasteiger partial charge in [0.25, 0.3) is 0 Å². The SMILES string of the molecule is COc1ccccc1CNC(=N)Nc1nc(-c2ccccc2Cl)cs1. The van der Waals surface area contributed by atoms with E-state index in [9.17, 15) is 0 Å². The van der Waals surface area contributed by atoms with E-state index in [2.05, 4.69) is 15.6 Å². The predicted molar refractivity (Wildman–Crippen MR) is 104 cm³/mol. The summed E-state index contributed by atoms with van der Waals surface area (Å²) in [5, 5.41) is 17.2. The molecule has 1 aromatic heterocycles. The minimum Gasteiger partial charge on any atom is -0.496 e. The average Bonchev–Trinajstić information content (AvgIpc) is 3.08. The molecule has 3 aromatic rings. The van der Waals surface area contributed by atoms with Crippen LogP contribution in [0.1, 0.15) is 5.56 Å². The summed E-state index contributed by atoms with van der Waals surface area (Å²) in [4.78, 5) is 4.49. The molecule has 0 radical (unpaired) electrons. The fraction of sp³-hybridized carbons (Fsp3) is 0.111. The number of methoxy groups -OCH3 is 1. The first kappa shape index (κ1) is 17.3. The number of anilines is 1. The first-order chi connectivity index (χ1) is 12.2. The van der Waals surface area contributed by atoms with Gasteiger partial charge in [0, 0.05) is 28.1 Å². The predicted octanol–water partition coefficient (Wildman–Crippen LogP) is 4.61. The zero-order valence-corrected chi connectivity index (χ0v) is 15.1. The van der Waals surface area contributed by atoms with Crippen LogP contribution in [0.25, 0.3) is 11.3 Å². The molecule has 0 atom stereocenters. The lowest BCUT2D eigenvalue weighted by atomic mass is 10.2. The third-order valence-corrected chi connectivity index (χ3v) is 4.62. The molecule has 128 valence electrons. The van der Waals surface area contributed by atoms with Crippen LogP contribution in [0.4, 0.5) is 5.13 Å². The van der Waals surface area contributed by atoms with Crippen molar-refractivity contribution in [3.63, 3.8) is 0 Å². The minimum absolute atomic E-state index is 0.172. The lowest BCUT2D eigenvalue weighted by molar-refractivity contribution is 0.409. The fourth-order valence-electron chi connectivity index (χ4n) is 2.31. The molecular formula is C18H17ClN4OS. The van der Waals surface area contributed by atoms with Crippen molar-refractivity contribution in [1.29, 1.82) is 5.41 Å². The molecule has 3 rings (SSSR count). The van der Waals surface area contributed by atoms with Gasteiger partial charge < -0.3 is 15.4 Å². The van der Waals surface area contributed by atoms with Gasteiger partial charge in [-0.3, -0.25) is 5.41 Å². The average molecular weight is 373 g/mol. The summed E-state index contributed by atoms with van der Waals surface area (Å²) in [7, 11) is 1.63. The quantitative estimate of drug-likeness (QED) is 0.452. The smallest absolute Gasteiger partial charge is 0.195 e. The fourth-order valence-corrected chi connectivity index (χ4v) is 3.26. The Hall–Kier alpha value is -2.57. The third kappa shape index (κ3) is 4.29. The first-order valence-corrected chi connectivity index (χ1v) is 8.85. The van der Waals surface area contributed by atoms with Crippen LogP contribution in [0.3, 0.4) is 0 Å². The number of ether oxygens (including phenoxy) is 1. The highest BCUT2D eigenvalue weighted by Crippen LogP contribution is 2.30. The summed E-state index contributed by atoms with van der Waals surface area (Å²) in [6, 6.07) is 15.3. The van der Waals surface area contributed by atoms with Gasteiger partial charge in [-0.25, -0.2) is 4.98 Å². The van der Waals surface area contributed by atoms with E-state index in [0.29, 0.717) is 16.7 Å². The van der Waals surface area contributed by atoms with E-state index < -0.39 is 0 Å². The maximum absolute atomic E-state index is 8.04. The van der Waals surface area contributed by atoms with E-state index in [1.165, 1.54) is 11.3 Å². The molecule has 0 aliphatic carbocycles.